The fourth-order valence-corrected chi connectivity index (χ4v) is 4.74. The summed E-state index contributed by atoms with van der Waals surface area (Å²) in [4.78, 5) is 15.2. The van der Waals surface area contributed by atoms with Gasteiger partial charge in [0.25, 0.3) is 0 Å². The lowest BCUT2D eigenvalue weighted by Gasteiger charge is -2.38. The lowest BCUT2D eigenvalue weighted by Crippen LogP contribution is -2.47. The molecule has 2 saturated heterocycles. The first-order valence-corrected chi connectivity index (χ1v) is 9.35. The van der Waals surface area contributed by atoms with Crippen molar-refractivity contribution in [3.8, 4) is 0 Å². The highest BCUT2D eigenvalue weighted by Gasteiger charge is 2.33. The third-order valence-electron chi connectivity index (χ3n) is 5.99. The Hall–Kier alpha value is -0.570. The number of hydrogen-bond donors (Lipinski definition) is 1. The zero-order chi connectivity index (χ0) is 14.5. The van der Waals surface area contributed by atoms with Crippen molar-refractivity contribution in [2.75, 3.05) is 19.6 Å². The molecule has 3 fully saturated rings. The molecule has 0 radical (unpaired) electrons. The number of nitrogens with zero attached hydrogens (tertiary/aromatic N) is 1. The normalized spacial score (nSPS) is 29.5. The number of carbonyl (C=O) groups is 1. The fourth-order valence-electron chi connectivity index (χ4n) is 4.74. The predicted molar refractivity (Wildman–Crippen MR) is 86.1 cm³/mol. The number of hydrogen-bond acceptors (Lipinski definition) is 2. The second-order valence-corrected chi connectivity index (χ2v) is 7.45. The number of piperidine rings is 1. The Labute approximate surface area is 129 Å². The summed E-state index contributed by atoms with van der Waals surface area (Å²) in [5.41, 5.74) is 0. The maximum absolute atomic E-state index is 12.9. The molecular formula is C18H32N2O. The lowest BCUT2D eigenvalue weighted by molar-refractivity contribution is -0.135. The van der Waals surface area contributed by atoms with E-state index in [-0.39, 0.29) is 0 Å². The van der Waals surface area contributed by atoms with E-state index in [2.05, 4.69) is 10.2 Å². The molecule has 1 saturated carbocycles. The van der Waals surface area contributed by atoms with Crippen molar-refractivity contribution in [1.29, 1.82) is 0 Å². The van der Waals surface area contributed by atoms with Crippen molar-refractivity contribution in [2.45, 2.75) is 76.7 Å². The number of carbonyl (C=O) groups excluding carboxylic acids is 1. The van der Waals surface area contributed by atoms with E-state index in [1.54, 1.807) is 0 Å². The molecule has 1 unspecified atom stereocenters. The van der Waals surface area contributed by atoms with Gasteiger partial charge >= 0.3 is 0 Å². The molecule has 0 bridgehead atoms. The van der Waals surface area contributed by atoms with Crippen LogP contribution in [-0.2, 0) is 4.79 Å². The highest BCUT2D eigenvalue weighted by Crippen LogP contribution is 2.32. The van der Waals surface area contributed by atoms with Gasteiger partial charge in [-0.2, -0.15) is 0 Å². The molecule has 3 rings (SSSR count). The van der Waals surface area contributed by atoms with Gasteiger partial charge < -0.3 is 10.2 Å². The van der Waals surface area contributed by atoms with Gasteiger partial charge in [0.1, 0.15) is 0 Å². The van der Waals surface area contributed by atoms with Gasteiger partial charge in [0.15, 0.2) is 0 Å². The maximum Gasteiger partial charge on any atom is 0.223 e. The van der Waals surface area contributed by atoms with Crippen molar-refractivity contribution in [3.05, 3.63) is 0 Å². The summed E-state index contributed by atoms with van der Waals surface area (Å²) in [6.45, 7) is 3.32. The molecule has 0 spiro atoms. The maximum atomic E-state index is 12.9. The van der Waals surface area contributed by atoms with Crippen LogP contribution in [0.5, 0.6) is 0 Å². The monoisotopic (exact) mass is 292 g/mol. The second kappa shape index (κ2) is 7.62. The van der Waals surface area contributed by atoms with Crippen molar-refractivity contribution < 1.29 is 4.79 Å². The van der Waals surface area contributed by atoms with Crippen molar-refractivity contribution in [3.63, 3.8) is 0 Å². The van der Waals surface area contributed by atoms with Gasteiger partial charge in [0.2, 0.25) is 5.91 Å². The van der Waals surface area contributed by atoms with Gasteiger partial charge in [-0.05, 0) is 63.5 Å². The molecule has 1 atom stereocenters. The molecule has 0 aromatic carbocycles. The first-order valence-electron chi connectivity index (χ1n) is 9.35. The SMILES string of the molecule is O=C(CC1CCCC1)N1CCCCCC1C1CCNCC1. The minimum Gasteiger partial charge on any atom is -0.339 e. The van der Waals surface area contributed by atoms with Crippen LogP contribution in [0.15, 0.2) is 0 Å². The van der Waals surface area contributed by atoms with Crippen LogP contribution in [-0.4, -0.2) is 36.5 Å². The zero-order valence-electron chi connectivity index (χ0n) is 13.5. The van der Waals surface area contributed by atoms with Crippen LogP contribution < -0.4 is 5.32 Å². The van der Waals surface area contributed by atoms with Crippen LogP contribution in [0.25, 0.3) is 0 Å². The predicted octanol–water partition coefficient (Wildman–Crippen LogP) is 3.34. The summed E-state index contributed by atoms with van der Waals surface area (Å²) in [6.07, 6.45) is 13.7. The largest absolute Gasteiger partial charge is 0.339 e. The van der Waals surface area contributed by atoms with Gasteiger partial charge in [0, 0.05) is 19.0 Å². The Morgan fingerprint density at radius 1 is 0.905 bits per heavy atom. The van der Waals surface area contributed by atoms with E-state index in [4.69, 9.17) is 0 Å². The summed E-state index contributed by atoms with van der Waals surface area (Å²) in [5.74, 6) is 1.92. The quantitative estimate of drug-likeness (QED) is 0.865. The molecule has 0 aromatic rings. The third kappa shape index (κ3) is 4.00. The molecule has 1 aliphatic carbocycles. The van der Waals surface area contributed by atoms with Crippen LogP contribution in [0.4, 0.5) is 0 Å². The average Bonchev–Trinajstić information content (AvgIpc) is 2.89. The zero-order valence-corrected chi connectivity index (χ0v) is 13.5. The van der Waals surface area contributed by atoms with Crippen LogP contribution in [0, 0.1) is 11.8 Å². The fraction of sp³-hybridized carbons (Fsp3) is 0.944. The molecule has 3 heteroatoms. The molecule has 0 aromatic heterocycles. The summed E-state index contributed by atoms with van der Waals surface area (Å²) < 4.78 is 0. The van der Waals surface area contributed by atoms with Crippen molar-refractivity contribution in [1.82, 2.24) is 10.2 Å². The van der Waals surface area contributed by atoms with Crippen LogP contribution in [0.3, 0.4) is 0 Å². The number of likely N-dealkylation sites (tertiary alicyclic amines) is 1. The van der Waals surface area contributed by atoms with E-state index in [1.165, 1.54) is 64.2 Å². The minimum absolute atomic E-state index is 0.479. The summed E-state index contributed by atoms with van der Waals surface area (Å²) in [6, 6.07) is 0.545. The Balaban J connectivity index is 1.63. The number of nitrogens with one attached hydrogen (secondary N) is 1. The summed E-state index contributed by atoms with van der Waals surface area (Å²) >= 11 is 0. The number of rotatable bonds is 3. The highest BCUT2D eigenvalue weighted by molar-refractivity contribution is 5.77. The molecular weight excluding hydrogens is 260 g/mol. The first kappa shape index (κ1) is 15.3. The second-order valence-electron chi connectivity index (χ2n) is 7.45. The molecule has 3 nitrogen and oxygen atoms in total. The molecule has 1 N–H and O–H groups in total. The Morgan fingerprint density at radius 3 is 2.38 bits per heavy atom. The molecule has 21 heavy (non-hydrogen) atoms. The molecule has 120 valence electrons. The smallest absolute Gasteiger partial charge is 0.223 e. The van der Waals surface area contributed by atoms with Gasteiger partial charge in [0.05, 0.1) is 0 Å². The third-order valence-corrected chi connectivity index (χ3v) is 5.99. The Kier molecular flexibility index (Phi) is 5.56. The van der Waals surface area contributed by atoms with E-state index < -0.39 is 0 Å². The van der Waals surface area contributed by atoms with Crippen molar-refractivity contribution >= 4 is 5.91 Å². The van der Waals surface area contributed by atoms with Gasteiger partial charge in [-0.3, -0.25) is 4.79 Å². The Morgan fingerprint density at radius 2 is 1.62 bits per heavy atom. The van der Waals surface area contributed by atoms with E-state index >= 15 is 0 Å². The van der Waals surface area contributed by atoms with Crippen LogP contribution in [0.2, 0.25) is 0 Å². The minimum atomic E-state index is 0.479. The van der Waals surface area contributed by atoms with Crippen LogP contribution >= 0.6 is 0 Å². The lowest BCUT2D eigenvalue weighted by atomic mass is 9.86. The van der Waals surface area contributed by atoms with Gasteiger partial charge in [-0.15, -0.1) is 0 Å². The standard InChI is InChI=1S/C18H32N2O/c21-18(14-15-6-3-4-7-15)20-13-5-1-2-8-17(20)16-9-11-19-12-10-16/h15-17,19H,1-14H2. The van der Waals surface area contributed by atoms with E-state index in [1.807, 2.05) is 0 Å². The molecule has 1 amide bonds. The first-order chi connectivity index (χ1) is 10.3. The number of amides is 1. The topological polar surface area (TPSA) is 32.3 Å². The van der Waals surface area contributed by atoms with Crippen molar-refractivity contribution in [2.24, 2.45) is 11.8 Å². The van der Waals surface area contributed by atoms with Crippen LogP contribution in [0.1, 0.15) is 70.6 Å². The average molecular weight is 292 g/mol. The highest BCUT2D eigenvalue weighted by atomic mass is 16.2. The molecule has 3 aliphatic rings. The van der Waals surface area contributed by atoms with E-state index in [9.17, 15) is 4.79 Å². The summed E-state index contributed by atoms with van der Waals surface area (Å²) in [7, 11) is 0. The van der Waals surface area contributed by atoms with Gasteiger partial charge in [-0.25, -0.2) is 0 Å². The van der Waals surface area contributed by atoms with Gasteiger partial charge in [-0.1, -0.05) is 25.7 Å². The Bertz CT molecular complexity index is 332. The molecule has 2 aliphatic heterocycles. The summed E-state index contributed by atoms with van der Waals surface area (Å²) in [5, 5.41) is 3.47. The van der Waals surface area contributed by atoms with E-state index in [0.717, 1.165) is 32.0 Å². The molecule has 2 heterocycles. The van der Waals surface area contributed by atoms with E-state index in [0.29, 0.717) is 17.9 Å².